The van der Waals surface area contributed by atoms with Gasteiger partial charge in [-0.15, -0.1) is 10.2 Å². The zero-order valence-electron chi connectivity index (χ0n) is 15.9. The van der Waals surface area contributed by atoms with Crippen molar-refractivity contribution < 1.29 is 9.59 Å². The van der Waals surface area contributed by atoms with Crippen molar-refractivity contribution in [2.24, 2.45) is 5.84 Å². The molecule has 8 nitrogen and oxygen atoms in total. The van der Waals surface area contributed by atoms with Crippen LogP contribution in [0, 0.1) is 0 Å². The Labute approximate surface area is 167 Å². The van der Waals surface area contributed by atoms with Gasteiger partial charge in [0.05, 0.1) is 0 Å². The third-order valence-corrected chi connectivity index (χ3v) is 6.14. The zero-order chi connectivity index (χ0) is 20.0. The summed E-state index contributed by atoms with van der Waals surface area (Å²) in [6.45, 7) is 0.552. The number of aromatic nitrogens is 3. The first-order chi connectivity index (χ1) is 14.2. The number of hydrazine groups is 1. The van der Waals surface area contributed by atoms with Crippen LogP contribution in [0.2, 0.25) is 0 Å². The highest BCUT2D eigenvalue weighted by atomic mass is 16.2. The quantitative estimate of drug-likeness (QED) is 0.404. The van der Waals surface area contributed by atoms with E-state index < -0.39 is 5.91 Å². The Morgan fingerprint density at radius 2 is 2.00 bits per heavy atom. The maximum Gasteiger partial charge on any atom is 0.265 e. The number of rotatable bonds is 3. The second kappa shape index (κ2) is 6.97. The molecule has 3 aromatic rings. The topological polar surface area (TPSA) is 106 Å². The Morgan fingerprint density at radius 3 is 2.86 bits per heavy atom. The van der Waals surface area contributed by atoms with Gasteiger partial charge >= 0.3 is 0 Å². The van der Waals surface area contributed by atoms with Crippen LogP contribution >= 0.6 is 0 Å². The number of carbonyl (C=O) groups excluding carboxylic acids is 2. The minimum Gasteiger partial charge on any atom is -0.331 e. The second-order valence-corrected chi connectivity index (χ2v) is 7.72. The molecule has 0 saturated heterocycles. The molecule has 3 heterocycles. The number of carbonyl (C=O) groups is 2. The van der Waals surface area contributed by atoms with Crippen LogP contribution in [0.4, 0.5) is 0 Å². The summed E-state index contributed by atoms with van der Waals surface area (Å²) in [5, 5.41) is 8.78. The van der Waals surface area contributed by atoms with Gasteiger partial charge in [0.1, 0.15) is 5.82 Å². The van der Waals surface area contributed by atoms with Crippen molar-refractivity contribution in [3.63, 3.8) is 0 Å². The normalized spacial score (nSPS) is 21.4. The van der Waals surface area contributed by atoms with E-state index in [1.807, 2.05) is 39.8 Å². The molecule has 1 aliphatic carbocycles. The molecule has 1 aliphatic heterocycles. The number of nitrogens with two attached hydrogens (primary N) is 1. The fraction of sp³-hybridized carbons (Fsp3) is 0.333. The standard InChI is InChI=1S/C21H22N6O2/c22-23-20(28)13-8-9-14-12-27(21(29)16(14)11-13)17-6-2-1-5-15(17)19-25-24-18-7-3-4-10-26(18)19/h3-4,7-11,15,17H,1-2,5-6,12,22H2,(H,23,28)/t15-,17-/m1/s1. The van der Waals surface area contributed by atoms with Crippen LogP contribution in [0.15, 0.2) is 42.6 Å². The summed E-state index contributed by atoms with van der Waals surface area (Å²) in [4.78, 5) is 27.1. The summed E-state index contributed by atoms with van der Waals surface area (Å²) in [7, 11) is 0. The van der Waals surface area contributed by atoms with E-state index >= 15 is 0 Å². The molecule has 0 spiro atoms. The Kier molecular flexibility index (Phi) is 4.28. The van der Waals surface area contributed by atoms with Crippen molar-refractivity contribution in [1.82, 2.24) is 24.9 Å². The largest absolute Gasteiger partial charge is 0.331 e. The molecule has 2 aromatic heterocycles. The van der Waals surface area contributed by atoms with Crippen molar-refractivity contribution in [2.45, 2.75) is 44.2 Å². The lowest BCUT2D eigenvalue weighted by Gasteiger charge is -2.37. The smallest absolute Gasteiger partial charge is 0.265 e. The van der Waals surface area contributed by atoms with E-state index in [-0.39, 0.29) is 17.9 Å². The fourth-order valence-electron chi connectivity index (χ4n) is 4.71. The van der Waals surface area contributed by atoms with Crippen molar-refractivity contribution in [1.29, 1.82) is 0 Å². The lowest BCUT2D eigenvalue weighted by molar-refractivity contribution is 0.0622. The first kappa shape index (κ1) is 17.8. The van der Waals surface area contributed by atoms with E-state index in [4.69, 9.17) is 5.84 Å². The number of hydrogen-bond donors (Lipinski definition) is 2. The molecule has 0 unspecified atom stereocenters. The van der Waals surface area contributed by atoms with Crippen molar-refractivity contribution in [3.05, 3.63) is 65.1 Å². The number of hydrogen-bond acceptors (Lipinski definition) is 5. The lowest BCUT2D eigenvalue weighted by atomic mass is 9.83. The van der Waals surface area contributed by atoms with Crippen molar-refractivity contribution in [3.8, 4) is 0 Å². The number of fused-ring (bicyclic) bond motifs is 2. The maximum absolute atomic E-state index is 13.3. The Bertz CT molecular complexity index is 1110. The highest BCUT2D eigenvalue weighted by molar-refractivity contribution is 6.02. The average Bonchev–Trinajstić information content (AvgIpc) is 3.34. The number of pyridine rings is 1. The Balaban J connectivity index is 1.49. The van der Waals surface area contributed by atoms with E-state index in [0.717, 1.165) is 42.7 Å². The molecule has 29 heavy (non-hydrogen) atoms. The van der Waals surface area contributed by atoms with Crippen molar-refractivity contribution >= 4 is 17.5 Å². The SMILES string of the molecule is NNC(=O)c1ccc2c(c1)C(=O)N([C@@H]1CCCC[C@H]1c1nnc3ccccn13)C2. The molecule has 0 bridgehead atoms. The molecular formula is C21H22N6O2. The van der Waals surface area contributed by atoms with Gasteiger partial charge in [-0.3, -0.25) is 19.4 Å². The highest BCUT2D eigenvalue weighted by Crippen LogP contribution is 2.39. The number of benzene rings is 1. The van der Waals surface area contributed by atoms with Crippen LogP contribution in [-0.4, -0.2) is 37.4 Å². The fourth-order valence-corrected chi connectivity index (χ4v) is 4.71. The van der Waals surface area contributed by atoms with E-state index in [9.17, 15) is 9.59 Å². The van der Waals surface area contributed by atoms with Gasteiger partial charge in [0.25, 0.3) is 11.8 Å². The Hall–Kier alpha value is -3.26. The monoisotopic (exact) mass is 390 g/mol. The van der Waals surface area contributed by atoms with Gasteiger partial charge in [0.2, 0.25) is 0 Å². The van der Waals surface area contributed by atoms with Crippen LogP contribution in [-0.2, 0) is 6.54 Å². The molecule has 2 amide bonds. The predicted molar refractivity (Wildman–Crippen MR) is 106 cm³/mol. The van der Waals surface area contributed by atoms with Gasteiger partial charge in [-0.1, -0.05) is 25.0 Å². The van der Waals surface area contributed by atoms with E-state index in [2.05, 4.69) is 15.6 Å². The minimum atomic E-state index is -0.399. The number of nitrogens with one attached hydrogen (secondary N) is 1. The number of nitrogen functional groups attached to an aromatic ring is 1. The second-order valence-electron chi connectivity index (χ2n) is 7.72. The zero-order valence-corrected chi connectivity index (χ0v) is 15.9. The van der Waals surface area contributed by atoms with E-state index in [0.29, 0.717) is 17.7 Å². The van der Waals surface area contributed by atoms with Gasteiger partial charge in [0.15, 0.2) is 5.65 Å². The lowest BCUT2D eigenvalue weighted by Crippen LogP contribution is -2.42. The third-order valence-electron chi connectivity index (χ3n) is 6.14. The summed E-state index contributed by atoms with van der Waals surface area (Å²) in [5.41, 5.74) is 4.86. The highest BCUT2D eigenvalue weighted by Gasteiger charge is 2.40. The van der Waals surface area contributed by atoms with Gasteiger partial charge in [-0.05, 0) is 42.7 Å². The average molecular weight is 390 g/mol. The van der Waals surface area contributed by atoms with Crippen LogP contribution in [0.1, 0.15) is 63.7 Å². The molecule has 1 aromatic carbocycles. The number of amides is 2. The van der Waals surface area contributed by atoms with Gasteiger partial charge in [-0.2, -0.15) is 0 Å². The summed E-state index contributed by atoms with van der Waals surface area (Å²) in [6, 6.07) is 11.1. The summed E-state index contributed by atoms with van der Waals surface area (Å²) in [6.07, 6.45) is 6.08. The predicted octanol–water partition coefficient (Wildman–Crippen LogP) is 2.01. The van der Waals surface area contributed by atoms with Crippen LogP contribution in [0.5, 0.6) is 0 Å². The van der Waals surface area contributed by atoms with Gasteiger partial charge < -0.3 is 4.90 Å². The van der Waals surface area contributed by atoms with E-state index in [1.54, 1.807) is 12.1 Å². The molecule has 1 fully saturated rings. The Morgan fingerprint density at radius 1 is 1.14 bits per heavy atom. The molecule has 8 heteroatoms. The van der Waals surface area contributed by atoms with Crippen molar-refractivity contribution in [2.75, 3.05) is 0 Å². The molecule has 1 saturated carbocycles. The molecular weight excluding hydrogens is 368 g/mol. The molecule has 148 valence electrons. The molecule has 0 radical (unpaired) electrons. The summed E-state index contributed by atoms with van der Waals surface area (Å²) in [5.74, 6) is 5.85. The van der Waals surface area contributed by atoms with Gasteiger partial charge in [0, 0.05) is 35.8 Å². The molecule has 2 atom stereocenters. The van der Waals surface area contributed by atoms with Gasteiger partial charge in [-0.25, -0.2) is 5.84 Å². The molecule has 3 N–H and O–H groups in total. The minimum absolute atomic E-state index is 0.0302. The first-order valence-electron chi connectivity index (χ1n) is 9.92. The maximum atomic E-state index is 13.3. The summed E-state index contributed by atoms with van der Waals surface area (Å²) < 4.78 is 2.03. The molecule has 5 rings (SSSR count). The van der Waals surface area contributed by atoms with Crippen LogP contribution < -0.4 is 11.3 Å². The van der Waals surface area contributed by atoms with Crippen LogP contribution in [0.25, 0.3) is 5.65 Å². The van der Waals surface area contributed by atoms with Crippen LogP contribution in [0.3, 0.4) is 0 Å². The molecule has 2 aliphatic rings. The first-order valence-corrected chi connectivity index (χ1v) is 9.92. The third kappa shape index (κ3) is 2.87. The number of nitrogens with zero attached hydrogens (tertiary/aromatic N) is 4. The van der Waals surface area contributed by atoms with E-state index in [1.165, 1.54) is 0 Å². The summed E-state index contributed by atoms with van der Waals surface area (Å²) >= 11 is 0.